The molecule has 4 nitrogen and oxygen atoms in total. The highest BCUT2D eigenvalue weighted by molar-refractivity contribution is 9.11. The van der Waals surface area contributed by atoms with E-state index in [9.17, 15) is 4.79 Å². The van der Waals surface area contributed by atoms with E-state index in [0.717, 1.165) is 29.5 Å². The molecule has 2 atom stereocenters. The van der Waals surface area contributed by atoms with E-state index < -0.39 is 0 Å². The first-order chi connectivity index (χ1) is 8.60. The SMILES string of the molecule is COc1cc(C(=O)NC2CCCC(N)C2)sc1Br. The summed E-state index contributed by atoms with van der Waals surface area (Å²) in [6.45, 7) is 0. The molecule has 0 aromatic carbocycles. The molecule has 2 rings (SSSR count). The second-order valence-corrected chi connectivity index (χ2v) is 6.92. The Hall–Kier alpha value is -0.590. The topological polar surface area (TPSA) is 64.3 Å². The predicted molar refractivity (Wildman–Crippen MR) is 76.3 cm³/mol. The lowest BCUT2D eigenvalue weighted by Gasteiger charge is -2.27. The van der Waals surface area contributed by atoms with Crippen LogP contribution in [0.2, 0.25) is 0 Å². The maximum Gasteiger partial charge on any atom is 0.261 e. The summed E-state index contributed by atoms with van der Waals surface area (Å²) in [6.07, 6.45) is 4.03. The van der Waals surface area contributed by atoms with Gasteiger partial charge in [0.05, 0.1) is 12.0 Å². The highest BCUT2D eigenvalue weighted by atomic mass is 79.9. The van der Waals surface area contributed by atoms with Crippen LogP contribution < -0.4 is 15.8 Å². The van der Waals surface area contributed by atoms with Crippen molar-refractivity contribution in [1.82, 2.24) is 5.32 Å². The largest absolute Gasteiger partial charge is 0.495 e. The van der Waals surface area contributed by atoms with Gasteiger partial charge in [0, 0.05) is 18.2 Å². The minimum absolute atomic E-state index is 0.0388. The van der Waals surface area contributed by atoms with Gasteiger partial charge in [-0.1, -0.05) is 0 Å². The lowest BCUT2D eigenvalue weighted by molar-refractivity contribution is 0.0929. The molecule has 100 valence electrons. The lowest BCUT2D eigenvalue weighted by atomic mass is 9.91. The van der Waals surface area contributed by atoms with Gasteiger partial charge >= 0.3 is 0 Å². The number of carbonyl (C=O) groups excluding carboxylic acids is 1. The van der Waals surface area contributed by atoms with Crippen molar-refractivity contribution < 1.29 is 9.53 Å². The first-order valence-corrected chi connectivity index (χ1v) is 7.61. The molecule has 0 spiro atoms. The van der Waals surface area contributed by atoms with E-state index in [-0.39, 0.29) is 18.0 Å². The number of nitrogens with two attached hydrogens (primary N) is 1. The molecule has 0 radical (unpaired) electrons. The van der Waals surface area contributed by atoms with Gasteiger partial charge in [-0.3, -0.25) is 4.79 Å². The van der Waals surface area contributed by atoms with Gasteiger partial charge in [-0.15, -0.1) is 11.3 Å². The van der Waals surface area contributed by atoms with E-state index in [2.05, 4.69) is 21.2 Å². The van der Waals surface area contributed by atoms with Crippen LogP contribution in [-0.2, 0) is 0 Å². The zero-order valence-electron chi connectivity index (χ0n) is 10.2. The molecule has 1 aliphatic carbocycles. The number of carbonyl (C=O) groups is 1. The van der Waals surface area contributed by atoms with Crippen LogP contribution in [0, 0.1) is 0 Å². The van der Waals surface area contributed by atoms with Crippen molar-refractivity contribution in [2.75, 3.05) is 7.11 Å². The molecule has 1 amide bonds. The lowest BCUT2D eigenvalue weighted by Crippen LogP contribution is -2.42. The van der Waals surface area contributed by atoms with Gasteiger partial charge in [0.25, 0.3) is 5.91 Å². The summed E-state index contributed by atoms with van der Waals surface area (Å²) in [4.78, 5) is 12.7. The van der Waals surface area contributed by atoms with Gasteiger partial charge in [-0.2, -0.15) is 0 Å². The molecule has 6 heteroatoms. The third-order valence-electron chi connectivity index (χ3n) is 3.15. The quantitative estimate of drug-likeness (QED) is 0.893. The molecular weight excluding hydrogens is 316 g/mol. The van der Waals surface area contributed by atoms with Crippen LogP contribution in [0.25, 0.3) is 0 Å². The number of ether oxygens (including phenoxy) is 1. The second kappa shape index (κ2) is 6.04. The Bertz CT molecular complexity index is 436. The second-order valence-electron chi connectivity index (χ2n) is 4.55. The fourth-order valence-corrected chi connectivity index (χ4v) is 3.77. The zero-order valence-corrected chi connectivity index (χ0v) is 12.6. The van der Waals surface area contributed by atoms with Gasteiger partial charge in [0.15, 0.2) is 0 Å². The third-order valence-corrected chi connectivity index (χ3v) is 4.93. The summed E-state index contributed by atoms with van der Waals surface area (Å²) >= 11 is 4.76. The molecule has 1 aromatic rings. The molecule has 18 heavy (non-hydrogen) atoms. The fraction of sp³-hybridized carbons (Fsp3) is 0.583. The summed E-state index contributed by atoms with van der Waals surface area (Å²) in [5, 5.41) is 3.05. The van der Waals surface area contributed by atoms with Gasteiger partial charge in [0.2, 0.25) is 0 Å². The number of nitrogens with one attached hydrogen (secondary N) is 1. The first kappa shape index (κ1) is 13.8. The molecule has 0 saturated heterocycles. The summed E-state index contributed by atoms with van der Waals surface area (Å²) in [7, 11) is 1.59. The number of hydrogen-bond donors (Lipinski definition) is 2. The maximum absolute atomic E-state index is 12.1. The predicted octanol–water partition coefficient (Wildman–Crippen LogP) is 2.52. The number of methoxy groups -OCH3 is 1. The fourth-order valence-electron chi connectivity index (χ4n) is 2.22. The highest BCUT2D eigenvalue weighted by Gasteiger charge is 2.22. The molecular formula is C12H17BrN2O2S. The average molecular weight is 333 g/mol. The van der Waals surface area contributed by atoms with Crippen molar-refractivity contribution in [3.8, 4) is 5.75 Å². The molecule has 3 N–H and O–H groups in total. The summed E-state index contributed by atoms with van der Waals surface area (Å²) in [5.74, 6) is 0.661. The Labute approximate surface area is 119 Å². The zero-order chi connectivity index (χ0) is 13.1. The molecule has 0 aliphatic heterocycles. The first-order valence-electron chi connectivity index (χ1n) is 6.00. The Kier molecular flexibility index (Phi) is 4.64. The summed E-state index contributed by atoms with van der Waals surface area (Å²) in [5.41, 5.74) is 5.91. The molecule has 1 aromatic heterocycles. The number of hydrogen-bond acceptors (Lipinski definition) is 4. The summed E-state index contributed by atoms with van der Waals surface area (Å²) < 4.78 is 5.99. The van der Waals surface area contributed by atoms with Crippen LogP contribution in [0.1, 0.15) is 35.4 Å². The Morgan fingerprint density at radius 1 is 1.61 bits per heavy atom. The van der Waals surface area contributed by atoms with Crippen LogP contribution in [0.15, 0.2) is 9.85 Å². The van der Waals surface area contributed by atoms with Crippen LogP contribution >= 0.6 is 27.3 Å². The van der Waals surface area contributed by atoms with Crippen molar-refractivity contribution in [2.24, 2.45) is 5.73 Å². The molecule has 1 heterocycles. The van der Waals surface area contributed by atoms with Crippen LogP contribution in [0.3, 0.4) is 0 Å². The standard InChI is InChI=1S/C12H17BrN2O2S/c1-17-9-6-10(18-11(9)13)12(16)15-8-4-2-3-7(14)5-8/h6-8H,2-5,14H2,1H3,(H,15,16). The van der Waals surface area contributed by atoms with E-state index in [1.54, 1.807) is 13.2 Å². The normalized spacial score (nSPS) is 23.7. The minimum atomic E-state index is -0.0388. The number of amides is 1. The van der Waals surface area contributed by atoms with E-state index in [4.69, 9.17) is 10.5 Å². The highest BCUT2D eigenvalue weighted by Crippen LogP contribution is 2.34. The number of rotatable bonds is 3. The van der Waals surface area contributed by atoms with Gasteiger partial charge in [-0.05, 0) is 41.6 Å². The number of halogens is 1. The van der Waals surface area contributed by atoms with Crippen molar-refractivity contribution in [3.63, 3.8) is 0 Å². The molecule has 1 aliphatic rings. The molecule has 1 saturated carbocycles. The van der Waals surface area contributed by atoms with Crippen molar-refractivity contribution >= 4 is 33.2 Å². The summed E-state index contributed by atoms with van der Waals surface area (Å²) in [6, 6.07) is 2.18. The molecule has 1 fully saturated rings. The Morgan fingerprint density at radius 3 is 3.00 bits per heavy atom. The van der Waals surface area contributed by atoms with Gasteiger partial charge in [-0.25, -0.2) is 0 Å². The van der Waals surface area contributed by atoms with E-state index >= 15 is 0 Å². The van der Waals surface area contributed by atoms with Crippen molar-refractivity contribution in [3.05, 3.63) is 14.7 Å². The maximum atomic E-state index is 12.1. The average Bonchev–Trinajstić information content (AvgIpc) is 2.70. The van der Waals surface area contributed by atoms with E-state index in [1.165, 1.54) is 11.3 Å². The minimum Gasteiger partial charge on any atom is -0.495 e. The smallest absolute Gasteiger partial charge is 0.261 e. The van der Waals surface area contributed by atoms with Crippen molar-refractivity contribution in [1.29, 1.82) is 0 Å². The Balaban J connectivity index is 1.98. The molecule has 0 bridgehead atoms. The Morgan fingerprint density at radius 2 is 2.39 bits per heavy atom. The van der Waals surface area contributed by atoms with Crippen molar-refractivity contribution in [2.45, 2.75) is 37.8 Å². The van der Waals surface area contributed by atoms with Gasteiger partial charge in [0.1, 0.15) is 9.54 Å². The van der Waals surface area contributed by atoms with Crippen LogP contribution in [0.5, 0.6) is 5.75 Å². The monoisotopic (exact) mass is 332 g/mol. The van der Waals surface area contributed by atoms with Gasteiger partial charge < -0.3 is 15.8 Å². The molecule has 2 unspecified atom stereocenters. The number of thiophene rings is 1. The third kappa shape index (κ3) is 3.24. The van der Waals surface area contributed by atoms with E-state index in [1.807, 2.05) is 0 Å². The van der Waals surface area contributed by atoms with Crippen LogP contribution in [-0.4, -0.2) is 25.1 Å². The van der Waals surface area contributed by atoms with E-state index in [0.29, 0.717) is 10.6 Å². The van der Waals surface area contributed by atoms with Crippen LogP contribution in [0.4, 0.5) is 0 Å².